The van der Waals surface area contributed by atoms with Gasteiger partial charge >= 0.3 is 0 Å². The molecule has 0 aliphatic rings. The summed E-state index contributed by atoms with van der Waals surface area (Å²) in [5.41, 5.74) is 0.0821. The topological polar surface area (TPSA) is 28.4 Å². The molecule has 0 aliphatic heterocycles. The normalized spacial score (nSPS) is 14.2. The van der Waals surface area contributed by atoms with Crippen molar-refractivity contribution in [3.63, 3.8) is 0 Å². The zero-order valence-electron chi connectivity index (χ0n) is 12.7. The Morgan fingerprint density at radius 2 is 2.00 bits per heavy atom. The summed E-state index contributed by atoms with van der Waals surface area (Å²) in [6, 6.07) is 4.63. The Balaban J connectivity index is 2.44. The van der Waals surface area contributed by atoms with Crippen LogP contribution in [0.5, 0.6) is 0 Å². The first kappa shape index (κ1) is 15.3. The lowest BCUT2D eigenvalue weighted by atomic mass is 9.84. The molecule has 1 rings (SSSR count). The molecule has 1 heterocycles. The minimum Gasteiger partial charge on any atom is -0.466 e. The summed E-state index contributed by atoms with van der Waals surface area (Å²) in [4.78, 5) is 2.20. The zero-order chi connectivity index (χ0) is 13.8. The molecular formula is C15H28N2O. The molecule has 0 aliphatic carbocycles. The van der Waals surface area contributed by atoms with Crippen LogP contribution in [0.25, 0.3) is 0 Å². The highest BCUT2D eigenvalue weighted by Crippen LogP contribution is 2.29. The SMILES string of the molecule is Cc1ccc(C(C)(C)CC(C)NCCN(C)C)o1. The summed E-state index contributed by atoms with van der Waals surface area (Å²) in [6.07, 6.45) is 1.08. The monoisotopic (exact) mass is 252 g/mol. The third kappa shape index (κ3) is 4.83. The molecule has 3 heteroatoms. The largest absolute Gasteiger partial charge is 0.466 e. The first-order valence-electron chi connectivity index (χ1n) is 6.76. The van der Waals surface area contributed by atoms with Gasteiger partial charge in [-0.05, 0) is 46.5 Å². The van der Waals surface area contributed by atoms with Gasteiger partial charge in [0.25, 0.3) is 0 Å². The molecule has 0 fully saturated rings. The highest BCUT2D eigenvalue weighted by molar-refractivity contribution is 5.15. The third-order valence-electron chi connectivity index (χ3n) is 3.28. The Bertz CT molecular complexity index is 355. The van der Waals surface area contributed by atoms with Gasteiger partial charge in [0.1, 0.15) is 11.5 Å². The fourth-order valence-corrected chi connectivity index (χ4v) is 2.27. The second-order valence-electron chi connectivity index (χ2n) is 6.16. The van der Waals surface area contributed by atoms with E-state index in [9.17, 15) is 0 Å². The number of nitrogens with one attached hydrogen (secondary N) is 1. The molecule has 3 nitrogen and oxygen atoms in total. The number of likely N-dealkylation sites (N-methyl/N-ethyl adjacent to an activating group) is 1. The van der Waals surface area contributed by atoms with Crippen molar-refractivity contribution in [2.24, 2.45) is 0 Å². The summed E-state index contributed by atoms with van der Waals surface area (Å²) < 4.78 is 5.76. The van der Waals surface area contributed by atoms with Gasteiger partial charge in [-0.3, -0.25) is 0 Å². The van der Waals surface area contributed by atoms with Crippen LogP contribution in [0.1, 0.15) is 38.7 Å². The van der Waals surface area contributed by atoms with E-state index in [0.29, 0.717) is 6.04 Å². The molecule has 18 heavy (non-hydrogen) atoms. The molecule has 1 aromatic rings. The Hall–Kier alpha value is -0.800. The quantitative estimate of drug-likeness (QED) is 0.809. The first-order chi connectivity index (χ1) is 8.31. The Morgan fingerprint density at radius 3 is 2.50 bits per heavy atom. The van der Waals surface area contributed by atoms with Crippen molar-refractivity contribution in [2.75, 3.05) is 27.2 Å². The van der Waals surface area contributed by atoms with Crippen molar-refractivity contribution in [1.29, 1.82) is 0 Å². The highest BCUT2D eigenvalue weighted by Gasteiger charge is 2.26. The molecule has 0 saturated carbocycles. The molecule has 0 radical (unpaired) electrons. The van der Waals surface area contributed by atoms with Gasteiger partial charge in [-0.25, -0.2) is 0 Å². The lowest BCUT2D eigenvalue weighted by Crippen LogP contribution is -2.36. The van der Waals surface area contributed by atoms with E-state index < -0.39 is 0 Å². The lowest BCUT2D eigenvalue weighted by molar-refractivity contribution is 0.311. The van der Waals surface area contributed by atoms with Gasteiger partial charge in [0.15, 0.2) is 0 Å². The summed E-state index contributed by atoms with van der Waals surface area (Å²) in [7, 11) is 4.20. The van der Waals surface area contributed by atoms with Crippen LogP contribution >= 0.6 is 0 Å². The van der Waals surface area contributed by atoms with Crippen LogP contribution in [0.15, 0.2) is 16.5 Å². The Morgan fingerprint density at radius 1 is 1.33 bits per heavy atom. The van der Waals surface area contributed by atoms with E-state index in [-0.39, 0.29) is 5.41 Å². The van der Waals surface area contributed by atoms with Crippen molar-refractivity contribution < 1.29 is 4.42 Å². The van der Waals surface area contributed by atoms with Gasteiger partial charge in [-0.1, -0.05) is 13.8 Å². The van der Waals surface area contributed by atoms with Gasteiger partial charge in [-0.2, -0.15) is 0 Å². The maximum absolute atomic E-state index is 5.76. The van der Waals surface area contributed by atoms with E-state index in [0.717, 1.165) is 31.0 Å². The van der Waals surface area contributed by atoms with Gasteiger partial charge in [0, 0.05) is 24.5 Å². The summed E-state index contributed by atoms with van der Waals surface area (Å²) in [6.45, 7) is 10.8. The van der Waals surface area contributed by atoms with Crippen LogP contribution in [0.4, 0.5) is 0 Å². The van der Waals surface area contributed by atoms with Crippen molar-refractivity contribution in [2.45, 2.75) is 45.6 Å². The first-order valence-corrected chi connectivity index (χ1v) is 6.76. The average molecular weight is 252 g/mol. The van der Waals surface area contributed by atoms with Crippen LogP contribution in [0.2, 0.25) is 0 Å². The maximum atomic E-state index is 5.76. The van der Waals surface area contributed by atoms with Crippen LogP contribution in [-0.2, 0) is 5.41 Å². The molecule has 0 spiro atoms. The molecule has 1 aromatic heterocycles. The molecule has 104 valence electrons. The van der Waals surface area contributed by atoms with E-state index in [1.807, 2.05) is 13.0 Å². The van der Waals surface area contributed by atoms with Crippen LogP contribution in [0.3, 0.4) is 0 Å². The van der Waals surface area contributed by atoms with Crippen LogP contribution in [-0.4, -0.2) is 38.1 Å². The molecule has 0 bridgehead atoms. The minimum absolute atomic E-state index is 0.0821. The van der Waals surface area contributed by atoms with Crippen molar-refractivity contribution in [3.8, 4) is 0 Å². The molecule has 1 N–H and O–H groups in total. The second kappa shape index (κ2) is 6.39. The Kier molecular flexibility index (Phi) is 5.42. The molecule has 0 aromatic carbocycles. The fourth-order valence-electron chi connectivity index (χ4n) is 2.27. The molecule has 0 saturated heterocycles. The lowest BCUT2D eigenvalue weighted by Gasteiger charge is -2.27. The smallest absolute Gasteiger partial charge is 0.109 e. The van der Waals surface area contributed by atoms with E-state index in [1.54, 1.807) is 0 Å². The number of aryl methyl sites for hydroxylation is 1. The predicted molar refractivity (Wildman–Crippen MR) is 77.1 cm³/mol. The highest BCUT2D eigenvalue weighted by atomic mass is 16.3. The minimum atomic E-state index is 0.0821. The molecule has 0 amide bonds. The van der Waals surface area contributed by atoms with E-state index >= 15 is 0 Å². The van der Waals surface area contributed by atoms with Crippen LogP contribution < -0.4 is 5.32 Å². The fraction of sp³-hybridized carbons (Fsp3) is 0.733. The molecule has 1 atom stereocenters. The number of rotatable bonds is 7. The predicted octanol–water partition coefficient (Wildman–Crippen LogP) is 2.80. The van der Waals surface area contributed by atoms with Crippen LogP contribution in [0, 0.1) is 6.92 Å². The van der Waals surface area contributed by atoms with Crippen molar-refractivity contribution in [3.05, 3.63) is 23.7 Å². The standard InChI is InChI=1S/C15H28N2O/c1-12(16-9-10-17(5)6)11-15(3,4)14-8-7-13(2)18-14/h7-8,12,16H,9-11H2,1-6H3. The van der Waals surface area contributed by atoms with Crippen molar-refractivity contribution >= 4 is 0 Å². The van der Waals surface area contributed by atoms with Gasteiger partial charge in [-0.15, -0.1) is 0 Å². The maximum Gasteiger partial charge on any atom is 0.109 e. The average Bonchev–Trinajstić information content (AvgIpc) is 2.64. The number of furan rings is 1. The van der Waals surface area contributed by atoms with E-state index in [1.165, 1.54) is 0 Å². The Labute approximate surface area is 112 Å². The molecular weight excluding hydrogens is 224 g/mol. The number of nitrogens with zero attached hydrogens (tertiary/aromatic N) is 1. The second-order valence-corrected chi connectivity index (χ2v) is 6.16. The number of hydrogen-bond acceptors (Lipinski definition) is 3. The number of hydrogen-bond donors (Lipinski definition) is 1. The summed E-state index contributed by atoms with van der Waals surface area (Å²) >= 11 is 0. The van der Waals surface area contributed by atoms with Crippen molar-refractivity contribution in [1.82, 2.24) is 10.2 Å². The zero-order valence-corrected chi connectivity index (χ0v) is 12.7. The molecule has 1 unspecified atom stereocenters. The van der Waals surface area contributed by atoms with E-state index in [2.05, 4.69) is 51.1 Å². The summed E-state index contributed by atoms with van der Waals surface area (Å²) in [5, 5.41) is 3.56. The summed E-state index contributed by atoms with van der Waals surface area (Å²) in [5.74, 6) is 2.08. The van der Waals surface area contributed by atoms with E-state index in [4.69, 9.17) is 4.42 Å². The van der Waals surface area contributed by atoms with Gasteiger partial charge in [0.2, 0.25) is 0 Å². The third-order valence-corrected chi connectivity index (χ3v) is 3.28. The van der Waals surface area contributed by atoms with Gasteiger partial charge < -0.3 is 14.6 Å². The van der Waals surface area contributed by atoms with Gasteiger partial charge in [0.05, 0.1) is 0 Å².